The second-order valence-corrected chi connectivity index (χ2v) is 5.62. The van der Waals surface area contributed by atoms with Gasteiger partial charge in [0.1, 0.15) is 5.71 Å². The molecule has 0 aliphatic rings. The van der Waals surface area contributed by atoms with Crippen molar-refractivity contribution in [2.75, 3.05) is 6.54 Å². The average molecular weight is 350 g/mol. The van der Waals surface area contributed by atoms with Gasteiger partial charge in [-0.15, -0.1) is 0 Å². The summed E-state index contributed by atoms with van der Waals surface area (Å²) in [5.74, 6) is 0. The molecule has 0 aliphatic carbocycles. The Hall–Kier alpha value is -2.99. The molecule has 25 heavy (non-hydrogen) atoms. The summed E-state index contributed by atoms with van der Waals surface area (Å²) >= 11 is 5.06. The zero-order valence-corrected chi connectivity index (χ0v) is 14.6. The van der Waals surface area contributed by atoms with E-state index in [1.165, 1.54) is 0 Å². The normalized spacial score (nSPS) is 11.8. The number of nitrogens with zero attached hydrogens (tertiary/aromatic N) is 2. The van der Waals surface area contributed by atoms with Gasteiger partial charge in [-0.1, -0.05) is 29.4 Å². The number of oxime groups is 1. The monoisotopic (exact) mass is 350 g/mol. The lowest BCUT2D eigenvalue weighted by atomic mass is 10.1. The number of rotatable bonds is 5. The number of nitrogens with one attached hydrogen (secondary N) is 2. The Morgan fingerprint density at radius 1 is 1.32 bits per heavy atom. The number of allylic oxidation sites excluding steroid dienone is 1. The molecule has 0 aliphatic heterocycles. The first-order valence-corrected chi connectivity index (χ1v) is 8.36. The van der Waals surface area contributed by atoms with Gasteiger partial charge in [0.25, 0.3) is 5.17 Å². The summed E-state index contributed by atoms with van der Waals surface area (Å²) in [7, 11) is 0. The van der Waals surface area contributed by atoms with E-state index in [0.29, 0.717) is 12.3 Å². The van der Waals surface area contributed by atoms with Crippen LogP contribution in [0, 0.1) is 0 Å². The largest absolute Gasteiger partial charge is 0.361 e. The summed E-state index contributed by atoms with van der Waals surface area (Å²) in [6.07, 6.45) is 9.30. The third-order valence-corrected chi connectivity index (χ3v) is 3.77. The molecule has 3 rings (SSSR count). The smallest absolute Gasteiger partial charge is 0.289 e. The van der Waals surface area contributed by atoms with E-state index in [1.807, 2.05) is 55.6 Å². The first kappa shape index (κ1) is 16.9. The molecule has 2 aromatic heterocycles. The molecule has 0 unspecified atom stereocenters. The molecule has 0 atom stereocenters. The van der Waals surface area contributed by atoms with E-state index in [2.05, 4.69) is 26.5 Å². The van der Waals surface area contributed by atoms with E-state index >= 15 is 0 Å². The van der Waals surface area contributed by atoms with Gasteiger partial charge in [0.2, 0.25) is 0 Å². The van der Waals surface area contributed by atoms with Crippen molar-refractivity contribution in [3.8, 4) is 0 Å². The predicted octanol–water partition coefficient (Wildman–Crippen LogP) is 3.89. The van der Waals surface area contributed by atoms with Gasteiger partial charge < -0.3 is 15.1 Å². The molecule has 0 saturated heterocycles. The lowest BCUT2D eigenvalue weighted by Gasteiger charge is -2.04. The van der Waals surface area contributed by atoms with E-state index in [4.69, 9.17) is 17.1 Å². The summed E-state index contributed by atoms with van der Waals surface area (Å²) in [5.41, 5.74) is 3.64. The fourth-order valence-corrected chi connectivity index (χ4v) is 2.54. The number of thiocarbonyl (C=S) groups is 1. The number of benzene rings is 1. The molecule has 6 heteroatoms. The molecule has 5 nitrogen and oxygen atoms in total. The van der Waals surface area contributed by atoms with E-state index in [0.717, 1.165) is 22.0 Å². The van der Waals surface area contributed by atoms with Gasteiger partial charge in [0.05, 0.1) is 0 Å². The lowest BCUT2D eigenvalue weighted by molar-refractivity contribution is 0.322. The molecule has 126 valence electrons. The molecule has 2 N–H and O–H groups in total. The third-order valence-electron chi connectivity index (χ3n) is 3.55. The van der Waals surface area contributed by atoms with Gasteiger partial charge in [-0.25, -0.2) is 0 Å². The van der Waals surface area contributed by atoms with Crippen molar-refractivity contribution >= 4 is 40.1 Å². The molecule has 0 radical (unpaired) electrons. The Labute approximate surface area is 151 Å². The van der Waals surface area contributed by atoms with E-state index in [-0.39, 0.29) is 5.17 Å². The van der Waals surface area contributed by atoms with Crippen molar-refractivity contribution < 1.29 is 4.84 Å². The standard InChI is InChI=1S/C19H18N4OS/c1-2-21-19(25)24-23-17(15-6-5-11-20-12-15)10-9-14-13-22-18-8-4-3-7-16(14)18/h3-13,22H,2H2,1H3,(H,21,25)/b10-9+,23-17+. The molecule has 3 aromatic rings. The van der Waals surface area contributed by atoms with Crippen molar-refractivity contribution in [2.45, 2.75) is 6.92 Å². The zero-order valence-electron chi connectivity index (χ0n) is 13.8. The predicted molar refractivity (Wildman–Crippen MR) is 105 cm³/mol. The van der Waals surface area contributed by atoms with Crippen LogP contribution in [0.15, 0.2) is 66.2 Å². The Morgan fingerprint density at radius 3 is 3.00 bits per heavy atom. The summed E-state index contributed by atoms with van der Waals surface area (Å²) in [6.45, 7) is 2.63. The summed E-state index contributed by atoms with van der Waals surface area (Å²) in [6, 6.07) is 11.9. The van der Waals surface area contributed by atoms with Gasteiger partial charge >= 0.3 is 0 Å². The second kappa shape index (κ2) is 8.21. The fourth-order valence-electron chi connectivity index (χ4n) is 2.36. The molecule has 0 fully saturated rings. The number of H-pyrrole nitrogens is 1. The van der Waals surface area contributed by atoms with E-state index in [1.54, 1.807) is 12.4 Å². The van der Waals surface area contributed by atoms with Crippen molar-refractivity contribution in [3.05, 3.63) is 72.2 Å². The molecule has 0 spiro atoms. The van der Waals surface area contributed by atoms with Gasteiger partial charge in [-0.05, 0) is 49.0 Å². The number of para-hydroxylation sites is 1. The molecule has 0 saturated carbocycles. The van der Waals surface area contributed by atoms with Crippen LogP contribution in [0.4, 0.5) is 0 Å². The topological polar surface area (TPSA) is 62.3 Å². The Morgan fingerprint density at radius 2 is 2.20 bits per heavy atom. The number of hydrogen-bond acceptors (Lipinski definition) is 4. The summed E-state index contributed by atoms with van der Waals surface area (Å²) in [4.78, 5) is 12.7. The van der Waals surface area contributed by atoms with Crippen LogP contribution in [0.3, 0.4) is 0 Å². The van der Waals surface area contributed by atoms with Crippen LogP contribution < -0.4 is 5.32 Å². The Balaban J connectivity index is 1.89. The minimum absolute atomic E-state index is 0.240. The quantitative estimate of drug-likeness (QED) is 0.416. The van der Waals surface area contributed by atoms with Gasteiger partial charge in [0.15, 0.2) is 0 Å². The Kier molecular flexibility index (Phi) is 5.53. The van der Waals surface area contributed by atoms with Gasteiger partial charge in [0, 0.05) is 41.6 Å². The highest BCUT2D eigenvalue weighted by molar-refractivity contribution is 7.80. The molecule has 0 bridgehead atoms. The maximum atomic E-state index is 5.28. The minimum atomic E-state index is 0.240. The second-order valence-electron chi connectivity index (χ2n) is 5.25. The molecule has 1 aromatic carbocycles. The average Bonchev–Trinajstić information content (AvgIpc) is 3.06. The van der Waals surface area contributed by atoms with Crippen LogP contribution in [0.25, 0.3) is 17.0 Å². The lowest BCUT2D eigenvalue weighted by Crippen LogP contribution is -2.22. The van der Waals surface area contributed by atoms with Gasteiger partial charge in [-0.3, -0.25) is 4.98 Å². The summed E-state index contributed by atoms with van der Waals surface area (Å²) < 4.78 is 0. The highest BCUT2D eigenvalue weighted by Crippen LogP contribution is 2.19. The Bertz CT molecular complexity index is 915. The SMILES string of the molecule is CCNC(=S)O/N=C(\C=C\c1c[nH]c2ccccc12)c1cccnc1. The van der Waals surface area contributed by atoms with Crippen LogP contribution >= 0.6 is 12.2 Å². The molecule has 0 amide bonds. The molecular formula is C19H18N4OS. The highest BCUT2D eigenvalue weighted by Gasteiger charge is 2.04. The van der Waals surface area contributed by atoms with E-state index < -0.39 is 0 Å². The molecule has 2 heterocycles. The first-order valence-electron chi connectivity index (χ1n) is 7.95. The summed E-state index contributed by atoms with van der Waals surface area (Å²) in [5, 5.41) is 8.46. The van der Waals surface area contributed by atoms with Crippen molar-refractivity contribution in [1.29, 1.82) is 0 Å². The van der Waals surface area contributed by atoms with Crippen LogP contribution in [0.1, 0.15) is 18.1 Å². The fraction of sp³-hybridized carbons (Fsp3) is 0.105. The number of pyridine rings is 1. The zero-order chi connectivity index (χ0) is 17.5. The van der Waals surface area contributed by atoms with Crippen LogP contribution in [-0.2, 0) is 4.84 Å². The van der Waals surface area contributed by atoms with E-state index in [9.17, 15) is 0 Å². The number of aromatic amines is 1. The maximum absolute atomic E-state index is 5.28. The van der Waals surface area contributed by atoms with Gasteiger partial charge in [-0.2, -0.15) is 0 Å². The van der Waals surface area contributed by atoms with Crippen LogP contribution in [0.2, 0.25) is 0 Å². The number of fused-ring (bicyclic) bond motifs is 1. The third kappa shape index (κ3) is 4.30. The van der Waals surface area contributed by atoms with Crippen molar-refractivity contribution in [3.63, 3.8) is 0 Å². The number of aromatic nitrogens is 2. The van der Waals surface area contributed by atoms with Crippen molar-refractivity contribution in [2.24, 2.45) is 5.16 Å². The maximum Gasteiger partial charge on any atom is 0.289 e. The highest BCUT2D eigenvalue weighted by atomic mass is 32.1. The first-order chi connectivity index (χ1) is 12.3. The molecular weight excluding hydrogens is 332 g/mol. The van der Waals surface area contributed by atoms with Crippen LogP contribution in [0.5, 0.6) is 0 Å². The number of hydrogen-bond donors (Lipinski definition) is 2. The van der Waals surface area contributed by atoms with Crippen molar-refractivity contribution in [1.82, 2.24) is 15.3 Å². The van der Waals surface area contributed by atoms with Crippen LogP contribution in [-0.4, -0.2) is 27.4 Å². The minimum Gasteiger partial charge on any atom is -0.361 e.